The molecule has 1 heterocycles. The second kappa shape index (κ2) is 8.35. The molecule has 0 aliphatic carbocycles. The van der Waals surface area contributed by atoms with Gasteiger partial charge in [-0.2, -0.15) is 0 Å². The van der Waals surface area contributed by atoms with Gasteiger partial charge in [-0.1, -0.05) is 36.0 Å². The summed E-state index contributed by atoms with van der Waals surface area (Å²) in [5.41, 5.74) is 1.60. The zero-order valence-corrected chi connectivity index (χ0v) is 15.1. The zero-order chi connectivity index (χ0) is 18.4. The molecule has 1 N–H and O–H groups in total. The van der Waals surface area contributed by atoms with E-state index in [9.17, 15) is 4.79 Å². The van der Waals surface area contributed by atoms with Crippen LogP contribution in [0, 0.1) is 6.92 Å². The lowest BCUT2D eigenvalue weighted by atomic mass is 10.3. The summed E-state index contributed by atoms with van der Waals surface area (Å²) in [5, 5.41) is 3.87. The van der Waals surface area contributed by atoms with Crippen LogP contribution in [0.3, 0.4) is 0 Å². The number of hydrogen-bond donors (Lipinski definition) is 1. The van der Waals surface area contributed by atoms with E-state index in [1.165, 1.54) is 11.8 Å². The average Bonchev–Trinajstić information content (AvgIpc) is 2.62. The third kappa shape index (κ3) is 4.97. The number of anilines is 2. The molecule has 3 rings (SSSR count). The summed E-state index contributed by atoms with van der Waals surface area (Å²) in [6.45, 7) is 1.91. The molecular weight excluding hydrogens is 350 g/mol. The molecule has 0 bridgehead atoms. The second-order valence-electron chi connectivity index (χ2n) is 5.30. The van der Waals surface area contributed by atoms with Crippen molar-refractivity contribution in [2.24, 2.45) is 0 Å². The summed E-state index contributed by atoms with van der Waals surface area (Å²) in [6, 6.07) is 17.6. The molecule has 2 aromatic carbocycles. The number of benzene rings is 2. The van der Waals surface area contributed by atoms with Crippen molar-refractivity contribution in [2.75, 3.05) is 11.6 Å². The molecule has 26 heavy (non-hydrogen) atoms. The van der Waals surface area contributed by atoms with E-state index in [1.807, 2.05) is 31.4 Å². The average molecular weight is 367 g/mol. The molecule has 7 heteroatoms. The highest BCUT2D eigenvalue weighted by molar-refractivity contribution is 7.98. The third-order valence-electron chi connectivity index (χ3n) is 3.27. The largest absolute Gasteiger partial charge is 0.519 e. The molecule has 132 valence electrons. The van der Waals surface area contributed by atoms with Crippen molar-refractivity contribution in [2.45, 2.75) is 12.1 Å². The van der Waals surface area contributed by atoms with E-state index < -0.39 is 6.16 Å². The number of nitrogens with one attached hydrogen (secondary N) is 1. The van der Waals surface area contributed by atoms with Gasteiger partial charge in [-0.15, -0.1) is 0 Å². The van der Waals surface area contributed by atoms with Gasteiger partial charge in [0.25, 0.3) is 0 Å². The summed E-state index contributed by atoms with van der Waals surface area (Å²) in [5.74, 6) is 1.46. The highest BCUT2D eigenvalue weighted by Crippen LogP contribution is 2.23. The minimum absolute atomic E-state index is 0.367. The van der Waals surface area contributed by atoms with Crippen molar-refractivity contribution < 1.29 is 14.3 Å². The molecule has 1 aromatic heterocycles. The van der Waals surface area contributed by atoms with Gasteiger partial charge in [-0.3, -0.25) is 0 Å². The molecule has 0 fully saturated rings. The highest BCUT2D eigenvalue weighted by atomic mass is 32.2. The Labute approximate surface area is 155 Å². The van der Waals surface area contributed by atoms with Crippen molar-refractivity contribution >= 4 is 29.4 Å². The van der Waals surface area contributed by atoms with Crippen LogP contribution >= 0.6 is 11.8 Å². The van der Waals surface area contributed by atoms with Gasteiger partial charge < -0.3 is 14.8 Å². The number of aryl methyl sites for hydroxylation is 1. The fourth-order valence-corrected chi connectivity index (χ4v) is 2.61. The minimum Gasteiger partial charge on any atom is -0.395 e. The van der Waals surface area contributed by atoms with Crippen molar-refractivity contribution in [1.29, 1.82) is 0 Å². The van der Waals surface area contributed by atoms with Crippen LogP contribution in [0.4, 0.5) is 16.3 Å². The Bertz CT molecular complexity index is 904. The number of nitrogens with zero attached hydrogens (tertiary/aromatic N) is 2. The fraction of sp³-hybridized carbons (Fsp3) is 0.105. The first kappa shape index (κ1) is 17.8. The maximum Gasteiger partial charge on any atom is 0.519 e. The highest BCUT2D eigenvalue weighted by Gasteiger charge is 2.09. The summed E-state index contributed by atoms with van der Waals surface area (Å²) < 4.78 is 10.3. The van der Waals surface area contributed by atoms with Crippen LogP contribution in [0.15, 0.2) is 65.8 Å². The van der Waals surface area contributed by atoms with Gasteiger partial charge in [0.2, 0.25) is 0 Å². The van der Waals surface area contributed by atoms with E-state index in [4.69, 9.17) is 9.47 Å². The smallest absolute Gasteiger partial charge is 0.395 e. The summed E-state index contributed by atoms with van der Waals surface area (Å²) in [4.78, 5) is 20.6. The molecular formula is C19H17N3O3S. The Morgan fingerprint density at radius 2 is 1.69 bits per heavy atom. The van der Waals surface area contributed by atoms with Crippen LogP contribution in [-0.4, -0.2) is 22.4 Å². The normalized spacial score (nSPS) is 10.2. The first-order valence-corrected chi connectivity index (χ1v) is 9.06. The van der Waals surface area contributed by atoms with E-state index in [0.717, 1.165) is 11.4 Å². The maximum absolute atomic E-state index is 11.9. The lowest BCUT2D eigenvalue weighted by Gasteiger charge is -2.09. The van der Waals surface area contributed by atoms with Crippen LogP contribution in [0.5, 0.6) is 11.5 Å². The van der Waals surface area contributed by atoms with Gasteiger partial charge in [0, 0.05) is 23.5 Å². The van der Waals surface area contributed by atoms with E-state index in [1.54, 1.807) is 42.5 Å². The molecule has 0 unspecified atom stereocenters. The molecule has 0 saturated carbocycles. The monoisotopic (exact) mass is 367 g/mol. The Balaban J connectivity index is 1.68. The summed E-state index contributed by atoms with van der Waals surface area (Å²) in [7, 11) is 0. The molecule has 0 aliphatic rings. The lowest BCUT2D eigenvalue weighted by Crippen LogP contribution is -2.13. The number of ether oxygens (including phenoxy) is 2. The van der Waals surface area contributed by atoms with Gasteiger partial charge in [-0.25, -0.2) is 14.8 Å². The van der Waals surface area contributed by atoms with Crippen molar-refractivity contribution in [3.05, 3.63) is 66.4 Å². The molecule has 6 nitrogen and oxygen atoms in total. The molecule has 0 aliphatic heterocycles. The molecule has 0 amide bonds. The number of carbonyl (C=O) groups is 1. The number of rotatable bonds is 5. The first-order valence-electron chi connectivity index (χ1n) is 7.84. The van der Waals surface area contributed by atoms with Crippen LogP contribution < -0.4 is 14.8 Å². The van der Waals surface area contributed by atoms with Crippen LogP contribution in [0.1, 0.15) is 5.69 Å². The number of aromatic nitrogens is 2. The molecule has 0 saturated heterocycles. The Kier molecular flexibility index (Phi) is 5.70. The number of para-hydroxylation sites is 1. The van der Waals surface area contributed by atoms with E-state index >= 15 is 0 Å². The van der Waals surface area contributed by atoms with Crippen molar-refractivity contribution in [3.8, 4) is 11.5 Å². The topological polar surface area (TPSA) is 73.3 Å². The molecule has 0 radical (unpaired) electrons. The quantitative estimate of drug-likeness (QED) is 0.300. The van der Waals surface area contributed by atoms with Gasteiger partial charge in [-0.05, 0) is 37.4 Å². The standard InChI is InChI=1S/C19H17N3O3S/c1-13-11-17(22-18(20-13)26-2)21-14-7-6-10-16(12-14)25-19(23)24-15-8-4-3-5-9-15/h3-12H,1-2H3,(H,20,21,22). The van der Waals surface area contributed by atoms with Gasteiger partial charge in [0.05, 0.1) is 0 Å². The minimum atomic E-state index is -0.795. The zero-order valence-electron chi connectivity index (χ0n) is 14.3. The summed E-state index contributed by atoms with van der Waals surface area (Å²) >= 11 is 1.47. The van der Waals surface area contributed by atoms with E-state index in [2.05, 4.69) is 15.3 Å². The van der Waals surface area contributed by atoms with E-state index in [-0.39, 0.29) is 0 Å². The number of thioether (sulfide) groups is 1. The Morgan fingerprint density at radius 1 is 0.962 bits per heavy atom. The van der Waals surface area contributed by atoms with Crippen LogP contribution in [-0.2, 0) is 0 Å². The first-order chi connectivity index (χ1) is 12.6. The van der Waals surface area contributed by atoms with E-state index in [0.29, 0.717) is 22.5 Å². The fourth-order valence-electron chi connectivity index (χ4n) is 2.18. The predicted octanol–water partition coefficient (Wildman–Crippen LogP) is 4.83. The van der Waals surface area contributed by atoms with Crippen molar-refractivity contribution in [1.82, 2.24) is 9.97 Å². The third-order valence-corrected chi connectivity index (χ3v) is 3.82. The van der Waals surface area contributed by atoms with Crippen LogP contribution in [0.25, 0.3) is 0 Å². The van der Waals surface area contributed by atoms with Gasteiger partial charge in [0.15, 0.2) is 5.16 Å². The number of hydrogen-bond acceptors (Lipinski definition) is 7. The summed E-state index contributed by atoms with van der Waals surface area (Å²) in [6.07, 6.45) is 1.13. The predicted molar refractivity (Wildman–Crippen MR) is 101 cm³/mol. The van der Waals surface area contributed by atoms with Gasteiger partial charge in [0.1, 0.15) is 17.3 Å². The SMILES string of the molecule is CSc1nc(C)cc(Nc2cccc(OC(=O)Oc3ccccc3)c2)n1. The maximum atomic E-state index is 11.9. The molecule has 0 atom stereocenters. The number of carbonyl (C=O) groups excluding carboxylic acids is 1. The lowest BCUT2D eigenvalue weighted by molar-refractivity contribution is 0.152. The second-order valence-corrected chi connectivity index (χ2v) is 6.07. The Hall–Kier alpha value is -3.06. The molecule has 0 spiro atoms. The van der Waals surface area contributed by atoms with Crippen LogP contribution in [0.2, 0.25) is 0 Å². The van der Waals surface area contributed by atoms with Crippen molar-refractivity contribution in [3.63, 3.8) is 0 Å². The molecule has 3 aromatic rings. The Morgan fingerprint density at radius 3 is 2.46 bits per heavy atom. The van der Waals surface area contributed by atoms with Gasteiger partial charge >= 0.3 is 6.16 Å².